The minimum Gasteiger partial charge on any atom is -0.465 e. The molecule has 2 aliphatic rings. The van der Waals surface area contributed by atoms with Gasteiger partial charge in [-0.3, -0.25) is 9.69 Å². The number of hydrogen-bond acceptors (Lipinski definition) is 5. The number of ether oxygens (including phenoxy) is 1. The lowest BCUT2D eigenvalue weighted by Crippen LogP contribution is -2.42. The van der Waals surface area contributed by atoms with Gasteiger partial charge in [0.15, 0.2) is 0 Å². The van der Waals surface area contributed by atoms with Gasteiger partial charge in [-0.1, -0.05) is 13.8 Å². The van der Waals surface area contributed by atoms with Crippen LogP contribution in [0.3, 0.4) is 0 Å². The quantitative estimate of drug-likeness (QED) is 0.833. The van der Waals surface area contributed by atoms with Gasteiger partial charge in [0, 0.05) is 18.0 Å². The molecule has 0 aromatic carbocycles. The summed E-state index contributed by atoms with van der Waals surface area (Å²) < 4.78 is 4.97. The second-order valence-corrected chi connectivity index (χ2v) is 8.70. The van der Waals surface area contributed by atoms with E-state index in [9.17, 15) is 9.59 Å². The van der Waals surface area contributed by atoms with Gasteiger partial charge in [-0.05, 0) is 49.5 Å². The highest BCUT2D eigenvalue weighted by molar-refractivity contribution is 7.17. The van der Waals surface area contributed by atoms with E-state index in [-0.39, 0.29) is 11.9 Å². The summed E-state index contributed by atoms with van der Waals surface area (Å²) in [7, 11) is 1.40. The lowest BCUT2D eigenvalue weighted by molar-refractivity contribution is -0.117. The highest BCUT2D eigenvalue weighted by atomic mass is 32.1. The largest absolute Gasteiger partial charge is 0.465 e. The Balaban J connectivity index is 1.72. The molecule has 0 spiro atoms. The van der Waals surface area contributed by atoms with E-state index in [1.807, 2.05) is 0 Å². The predicted molar refractivity (Wildman–Crippen MR) is 100 cm³/mol. The zero-order chi connectivity index (χ0) is 18.0. The molecular weight excluding hydrogens is 336 g/mol. The van der Waals surface area contributed by atoms with E-state index >= 15 is 0 Å². The third-order valence-electron chi connectivity index (χ3n) is 5.13. The van der Waals surface area contributed by atoms with Gasteiger partial charge in [0.2, 0.25) is 5.91 Å². The maximum absolute atomic E-state index is 12.6. The second kappa shape index (κ2) is 7.87. The molecule has 1 fully saturated rings. The molecular formula is C19H28N2O3S. The van der Waals surface area contributed by atoms with Gasteiger partial charge in [-0.15, -0.1) is 11.3 Å². The van der Waals surface area contributed by atoms with E-state index in [1.165, 1.54) is 18.4 Å². The molecule has 25 heavy (non-hydrogen) atoms. The number of nitrogens with zero attached hydrogens (tertiary/aromatic N) is 1. The number of carbonyl (C=O) groups is 2. The van der Waals surface area contributed by atoms with E-state index in [0.29, 0.717) is 28.9 Å². The van der Waals surface area contributed by atoms with Crippen LogP contribution in [0.15, 0.2) is 0 Å². The van der Waals surface area contributed by atoms with Crippen molar-refractivity contribution in [3.05, 3.63) is 16.0 Å². The molecule has 1 aromatic heterocycles. The summed E-state index contributed by atoms with van der Waals surface area (Å²) in [6.07, 6.45) is 5.34. The number of fused-ring (bicyclic) bond motifs is 1. The van der Waals surface area contributed by atoms with Gasteiger partial charge in [0.1, 0.15) is 5.00 Å². The fourth-order valence-electron chi connectivity index (χ4n) is 4.26. The number of rotatable bonds is 4. The number of nitrogens with one attached hydrogen (secondary N) is 1. The Morgan fingerprint density at radius 2 is 1.88 bits per heavy atom. The number of aryl methyl sites for hydroxylation is 1. The van der Waals surface area contributed by atoms with Crippen molar-refractivity contribution in [3.8, 4) is 0 Å². The third-order valence-corrected chi connectivity index (χ3v) is 6.33. The molecule has 1 saturated heterocycles. The molecule has 1 amide bonds. The fraction of sp³-hybridized carbons (Fsp3) is 0.684. The van der Waals surface area contributed by atoms with Crippen LogP contribution < -0.4 is 5.32 Å². The van der Waals surface area contributed by atoms with Crippen molar-refractivity contribution in [2.75, 3.05) is 32.1 Å². The van der Waals surface area contributed by atoms with E-state index in [2.05, 4.69) is 24.1 Å². The van der Waals surface area contributed by atoms with E-state index in [0.717, 1.165) is 44.3 Å². The number of hydrogen-bond donors (Lipinski definition) is 1. The Morgan fingerprint density at radius 3 is 2.56 bits per heavy atom. The van der Waals surface area contributed by atoms with Crippen molar-refractivity contribution in [2.24, 2.45) is 11.8 Å². The maximum Gasteiger partial charge on any atom is 0.341 e. The van der Waals surface area contributed by atoms with Crippen LogP contribution in [-0.2, 0) is 22.4 Å². The molecule has 5 nitrogen and oxygen atoms in total. The van der Waals surface area contributed by atoms with Gasteiger partial charge in [0.25, 0.3) is 0 Å². The zero-order valence-corrected chi connectivity index (χ0v) is 16.2. The van der Waals surface area contributed by atoms with Gasteiger partial charge in [-0.2, -0.15) is 0 Å². The van der Waals surface area contributed by atoms with Crippen molar-refractivity contribution in [1.82, 2.24) is 4.90 Å². The molecule has 138 valence electrons. The number of anilines is 1. The summed E-state index contributed by atoms with van der Waals surface area (Å²) in [5, 5.41) is 3.67. The van der Waals surface area contributed by atoms with Crippen LogP contribution in [0.1, 0.15) is 53.9 Å². The fourth-order valence-corrected chi connectivity index (χ4v) is 5.56. The molecule has 1 aromatic rings. The smallest absolute Gasteiger partial charge is 0.341 e. The SMILES string of the molecule is COC(=O)c1c(NC(=O)CN2C[C@H](C)C[C@@H](C)C2)sc2c1CCCC2. The van der Waals surface area contributed by atoms with Gasteiger partial charge < -0.3 is 10.1 Å². The molecule has 0 unspecified atom stereocenters. The third kappa shape index (κ3) is 4.23. The topological polar surface area (TPSA) is 58.6 Å². The van der Waals surface area contributed by atoms with Gasteiger partial charge >= 0.3 is 5.97 Å². The van der Waals surface area contributed by atoms with Crippen LogP contribution in [0.4, 0.5) is 5.00 Å². The first-order valence-corrected chi connectivity index (χ1v) is 10.0. The van der Waals surface area contributed by atoms with Crippen molar-refractivity contribution in [1.29, 1.82) is 0 Å². The number of esters is 1. The molecule has 1 aliphatic heterocycles. The van der Waals surface area contributed by atoms with Crippen LogP contribution >= 0.6 is 11.3 Å². The highest BCUT2D eigenvalue weighted by Crippen LogP contribution is 2.38. The zero-order valence-electron chi connectivity index (χ0n) is 15.4. The summed E-state index contributed by atoms with van der Waals surface area (Å²) in [4.78, 5) is 28.3. The van der Waals surface area contributed by atoms with E-state index < -0.39 is 0 Å². The summed E-state index contributed by atoms with van der Waals surface area (Å²) in [6.45, 7) is 6.79. The van der Waals surface area contributed by atoms with Crippen molar-refractivity contribution in [2.45, 2.75) is 46.0 Å². The minimum atomic E-state index is -0.338. The average Bonchev–Trinajstić information content (AvgIpc) is 2.90. The molecule has 0 bridgehead atoms. The minimum absolute atomic E-state index is 0.0370. The number of methoxy groups -OCH3 is 1. The van der Waals surface area contributed by atoms with Crippen LogP contribution in [0, 0.1) is 11.8 Å². The number of likely N-dealkylation sites (tertiary alicyclic amines) is 1. The van der Waals surface area contributed by atoms with Crippen molar-refractivity contribution >= 4 is 28.2 Å². The molecule has 2 heterocycles. The first-order valence-electron chi connectivity index (χ1n) is 9.23. The molecule has 3 rings (SSSR count). The summed E-state index contributed by atoms with van der Waals surface area (Å²) in [5.41, 5.74) is 1.66. The second-order valence-electron chi connectivity index (χ2n) is 7.59. The first kappa shape index (κ1) is 18.4. The average molecular weight is 365 g/mol. The van der Waals surface area contributed by atoms with Crippen molar-refractivity contribution < 1.29 is 14.3 Å². The lowest BCUT2D eigenvalue weighted by atomic mass is 9.92. The van der Waals surface area contributed by atoms with Gasteiger partial charge in [-0.25, -0.2) is 4.79 Å². The van der Waals surface area contributed by atoms with E-state index in [4.69, 9.17) is 4.74 Å². The number of piperidine rings is 1. The molecule has 1 N–H and O–H groups in total. The summed E-state index contributed by atoms with van der Waals surface area (Å²) in [5.74, 6) is 0.868. The van der Waals surface area contributed by atoms with Crippen molar-refractivity contribution in [3.63, 3.8) is 0 Å². The normalized spacial score (nSPS) is 23.8. The highest BCUT2D eigenvalue weighted by Gasteiger charge is 2.28. The Labute approximate surface area is 153 Å². The molecule has 1 aliphatic carbocycles. The molecule has 6 heteroatoms. The van der Waals surface area contributed by atoms with Crippen LogP contribution in [0.5, 0.6) is 0 Å². The predicted octanol–water partition coefficient (Wildman–Crippen LogP) is 3.33. The molecule has 2 atom stereocenters. The first-order chi connectivity index (χ1) is 12.0. The number of thiophene rings is 1. The summed E-state index contributed by atoms with van der Waals surface area (Å²) >= 11 is 1.55. The maximum atomic E-state index is 12.6. The van der Waals surface area contributed by atoms with Crippen LogP contribution in [0.2, 0.25) is 0 Å². The Morgan fingerprint density at radius 1 is 1.20 bits per heavy atom. The number of amides is 1. The molecule has 0 radical (unpaired) electrons. The van der Waals surface area contributed by atoms with E-state index in [1.54, 1.807) is 11.3 Å². The molecule has 0 saturated carbocycles. The Hall–Kier alpha value is -1.40. The van der Waals surface area contributed by atoms with Gasteiger partial charge in [0.05, 0.1) is 19.2 Å². The van der Waals surface area contributed by atoms with Crippen LogP contribution in [0.25, 0.3) is 0 Å². The standard InChI is InChI=1S/C19H28N2O3S/c1-12-8-13(2)10-21(9-12)11-16(22)20-18-17(19(23)24-3)14-6-4-5-7-15(14)25-18/h12-13H,4-11H2,1-3H3,(H,20,22)/t12-,13-/m1/s1. The Bertz CT molecular complexity index is 645. The lowest BCUT2D eigenvalue weighted by Gasteiger charge is -2.34. The number of carbonyl (C=O) groups excluding carboxylic acids is 2. The summed E-state index contributed by atoms with van der Waals surface area (Å²) in [6, 6.07) is 0. The Kier molecular flexibility index (Phi) is 5.79. The van der Waals surface area contributed by atoms with Crippen LogP contribution in [-0.4, -0.2) is 43.5 Å². The monoisotopic (exact) mass is 364 g/mol.